The zero-order valence-electron chi connectivity index (χ0n) is 12.6. The molecule has 1 aliphatic rings. The zero-order valence-corrected chi connectivity index (χ0v) is 12.6. The van der Waals surface area contributed by atoms with Crippen LogP contribution >= 0.6 is 0 Å². The van der Waals surface area contributed by atoms with Gasteiger partial charge in [0.25, 0.3) is 0 Å². The Morgan fingerprint density at radius 3 is 3.09 bits per heavy atom. The molecule has 0 amide bonds. The molecule has 1 aromatic heterocycles. The SMILES string of the molecule is Cc1cccc2c1OCCC2CCc1cnccc1C(=O)O. The third-order valence-corrected chi connectivity index (χ3v) is 4.29. The number of nitrogens with zero attached hydrogens (tertiary/aromatic N) is 1. The first-order chi connectivity index (χ1) is 10.7. The van der Waals surface area contributed by atoms with E-state index in [9.17, 15) is 9.90 Å². The highest BCUT2D eigenvalue weighted by atomic mass is 16.5. The van der Waals surface area contributed by atoms with Crippen molar-refractivity contribution in [2.75, 3.05) is 6.61 Å². The minimum Gasteiger partial charge on any atom is -0.493 e. The average Bonchev–Trinajstić information content (AvgIpc) is 2.53. The summed E-state index contributed by atoms with van der Waals surface area (Å²) in [6.45, 7) is 2.78. The lowest BCUT2D eigenvalue weighted by atomic mass is 9.86. The van der Waals surface area contributed by atoms with Crippen molar-refractivity contribution in [3.05, 3.63) is 58.9 Å². The fraction of sp³-hybridized carbons (Fsp3) is 0.333. The number of aromatic carboxylic acids is 1. The van der Waals surface area contributed by atoms with Crippen molar-refractivity contribution >= 4 is 5.97 Å². The molecule has 0 bridgehead atoms. The number of para-hydroxylation sites is 1. The van der Waals surface area contributed by atoms with E-state index in [0.29, 0.717) is 17.9 Å². The van der Waals surface area contributed by atoms with E-state index in [2.05, 4.69) is 30.1 Å². The van der Waals surface area contributed by atoms with Crippen molar-refractivity contribution < 1.29 is 14.6 Å². The number of carboxylic acids is 1. The van der Waals surface area contributed by atoms with E-state index in [-0.39, 0.29) is 0 Å². The molecule has 4 nitrogen and oxygen atoms in total. The second-order valence-electron chi connectivity index (χ2n) is 5.70. The molecule has 4 heteroatoms. The van der Waals surface area contributed by atoms with Crippen LogP contribution in [0.4, 0.5) is 0 Å². The number of carbonyl (C=O) groups is 1. The first-order valence-electron chi connectivity index (χ1n) is 7.55. The standard InChI is InChI=1S/C18H19NO3/c1-12-3-2-4-15-13(8-10-22-17(12)15)5-6-14-11-19-9-7-16(14)18(20)21/h2-4,7,9,11,13H,5-6,8,10H2,1H3,(H,20,21). The number of hydrogen-bond donors (Lipinski definition) is 1. The number of fused-ring (bicyclic) bond motifs is 1. The number of aromatic nitrogens is 1. The minimum absolute atomic E-state index is 0.353. The van der Waals surface area contributed by atoms with Crippen LogP contribution in [0.1, 0.15) is 45.8 Å². The molecular weight excluding hydrogens is 278 g/mol. The van der Waals surface area contributed by atoms with E-state index in [1.807, 2.05) is 0 Å². The van der Waals surface area contributed by atoms with Gasteiger partial charge in [-0.15, -0.1) is 0 Å². The fourth-order valence-electron chi connectivity index (χ4n) is 3.12. The lowest BCUT2D eigenvalue weighted by molar-refractivity contribution is 0.0695. The van der Waals surface area contributed by atoms with E-state index in [1.165, 1.54) is 11.8 Å². The van der Waals surface area contributed by atoms with Gasteiger partial charge in [-0.05, 0) is 54.9 Å². The van der Waals surface area contributed by atoms with E-state index >= 15 is 0 Å². The predicted molar refractivity (Wildman–Crippen MR) is 83.5 cm³/mol. The maximum atomic E-state index is 11.3. The van der Waals surface area contributed by atoms with E-state index in [4.69, 9.17) is 4.74 Å². The molecule has 0 spiro atoms. The Morgan fingerprint density at radius 1 is 1.41 bits per heavy atom. The summed E-state index contributed by atoms with van der Waals surface area (Å²) in [5.74, 6) is 0.523. The summed E-state index contributed by atoms with van der Waals surface area (Å²) >= 11 is 0. The Balaban J connectivity index is 1.79. The molecule has 1 N–H and O–H groups in total. The van der Waals surface area contributed by atoms with Gasteiger partial charge in [-0.3, -0.25) is 4.98 Å². The van der Waals surface area contributed by atoms with Crippen LogP contribution < -0.4 is 4.74 Å². The summed E-state index contributed by atoms with van der Waals surface area (Å²) in [5.41, 5.74) is 3.56. The van der Waals surface area contributed by atoms with Gasteiger partial charge >= 0.3 is 5.97 Å². The summed E-state index contributed by atoms with van der Waals surface area (Å²) in [5, 5.41) is 9.25. The molecule has 0 radical (unpaired) electrons. The Morgan fingerprint density at radius 2 is 2.27 bits per heavy atom. The largest absolute Gasteiger partial charge is 0.493 e. The number of ether oxygens (including phenoxy) is 1. The number of aryl methyl sites for hydroxylation is 2. The highest BCUT2D eigenvalue weighted by Gasteiger charge is 2.23. The highest BCUT2D eigenvalue weighted by molar-refractivity contribution is 5.89. The van der Waals surface area contributed by atoms with Crippen molar-refractivity contribution in [2.24, 2.45) is 0 Å². The third kappa shape index (κ3) is 2.82. The molecule has 1 aliphatic heterocycles. The first kappa shape index (κ1) is 14.6. The van der Waals surface area contributed by atoms with Crippen LogP contribution in [0.15, 0.2) is 36.7 Å². The first-order valence-corrected chi connectivity index (χ1v) is 7.55. The third-order valence-electron chi connectivity index (χ3n) is 4.29. The van der Waals surface area contributed by atoms with Crippen molar-refractivity contribution in [3.8, 4) is 5.75 Å². The summed E-state index contributed by atoms with van der Waals surface area (Å²) in [7, 11) is 0. The number of benzene rings is 1. The Bertz CT molecular complexity index is 696. The summed E-state index contributed by atoms with van der Waals surface area (Å²) in [6.07, 6.45) is 5.79. The van der Waals surface area contributed by atoms with Crippen molar-refractivity contribution in [1.29, 1.82) is 0 Å². The number of hydrogen-bond acceptors (Lipinski definition) is 3. The monoisotopic (exact) mass is 297 g/mol. The lowest BCUT2D eigenvalue weighted by Crippen LogP contribution is -2.16. The summed E-state index contributed by atoms with van der Waals surface area (Å²) in [4.78, 5) is 15.3. The number of rotatable bonds is 4. The van der Waals surface area contributed by atoms with Gasteiger partial charge in [0.1, 0.15) is 5.75 Å². The average molecular weight is 297 g/mol. The second-order valence-corrected chi connectivity index (χ2v) is 5.70. The molecule has 1 unspecified atom stereocenters. The van der Waals surface area contributed by atoms with Gasteiger partial charge < -0.3 is 9.84 Å². The molecule has 0 saturated carbocycles. The highest BCUT2D eigenvalue weighted by Crippen LogP contribution is 2.38. The fourth-order valence-corrected chi connectivity index (χ4v) is 3.12. The Labute approximate surface area is 129 Å². The smallest absolute Gasteiger partial charge is 0.336 e. The predicted octanol–water partition coefficient (Wildman–Crippen LogP) is 3.59. The van der Waals surface area contributed by atoms with Crippen LogP contribution in [0.5, 0.6) is 5.75 Å². The molecule has 22 heavy (non-hydrogen) atoms. The van der Waals surface area contributed by atoms with Gasteiger partial charge in [-0.2, -0.15) is 0 Å². The van der Waals surface area contributed by atoms with Crippen molar-refractivity contribution in [1.82, 2.24) is 4.98 Å². The molecule has 0 saturated heterocycles. The van der Waals surface area contributed by atoms with Crippen LogP contribution in [0, 0.1) is 6.92 Å². The molecule has 114 valence electrons. The quantitative estimate of drug-likeness (QED) is 0.937. The summed E-state index contributed by atoms with van der Waals surface area (Å²) in [6, 6.07) is 7.81. The van der Waals surface area contributed by atoms with Crippen LogP contribution in [0.2, 0.25) is 0 Å². The van der Waals surface area contributed by atoms with Crippen molar-refractivity contribution in [3.63, 3.8) is 0 Å². The number of pyridine rings is 1. The zero-order chi connectivity index (χ0) is 15.5. The topological polar surface area (TPSA) is 59.4 Å². The summed E-state index contributed by atoms with van der Waals surface area (Å²) < 4.78 is 5.79. The van der Waals surface area contributed by atoms with Crippen LogP contribution in [-0.4, -0.2) is 22.7 Å². The Kier molecular flexibility index (Phi) is 4.09. The van der Waals surface area contributed by atoms with E-state index in [1.54, 1.807) is 12.3 Å². The minimum atomic E-state index is -0.888. The molecule has 2 heterocycles. The van der Waals surface area contributed by atoms with Gasteiger partial charge in [0, 0.05) is 12.4 Å². The lowest BCUT2D eigenvalue weighted by Gasteiger charge is -2.27. The van der Waals surface area contributed by atoms with E-state index < -0.39 is 5.97 Å². The van der Waals surface area contributed by atoms with E-state index in [0.717, 1.165) is 36.3 Å². The van der Waals surface area contributed by atoms with Crippen molar-refractivity contribution in [2.45, 2.75) is 32.1 Å². The number of carboxylic acid groups (broad SMARTS) is 1. The molecule has 1 aromatic carbocycles. The van der Waals surface area contributed by atoms with Gasteiger partial charge in [0.15, 0.2) is 0 Å². The van der Waals surface area contributed by atoms with Crippen LogP contribution in [0.25, 0.3) is 0 Å². The molecule has 0 aliphatic carbocycles. The normalized spacial score (nSPS) is 16.7. The maximum absolute atomic E-state index is 11.3. The Hall–Kier alpha value is -2.36. The molecule has 0 fully saturated rings. The van der Waals surface area contributed by atoms with Gasteiger partial charge in [0.2, 0.25) is 0 Å². The van der Waals surface area contributed by atoms with Gasteiger partial charge in [-0.25, -0.2) is 4.79 Å². The molecule has 2 aromatic rings. The molecular formula is C18H19NO3. The maximum Gasteiger partial charge on any atom is 0.336 e. The molecule has 3 rings (SSSR count). The molecule has 1 atom stereocenters. The van der Waals surface area contributed by atoms with Crippen LogP contribution in [-0.2, 0) is 6.42 Å². The van der Waals surface area contributed by atoms with Gasteiger partial charge in [0.05, 0.1) is 12.2 Å². The van der Waals surface area contributed by atoms with Crippen LogP contribution in [0.3, 0.4) is 0 Å². The van der Waals surface area contributed by atoms with Gasteiger partial charge in [-0.1, -0.05) is 18.2 Å². The second kappa shape index (κ2) is 6.18.